The molecule has 2 saturated heterocycles. The highest BCUT2D eigenvalue weighted by Crippen LogP contribution is 2.33. The second-order valence-electron chi connectivity index (χ2n) is 7.22. The quantitative estimate of drug-likeness (QED) is 0.555. The summed E-state index contributed by atoms with van der Waals surface area (Å²) in [4.78, 5) is 12.9. The van der Waals surface area contributed by atoms with Gasteiger partial charge in [0.05, 0.1) is 15.4 Å². The van der Waals surface area contributed by atoms with Crippen molar-refractivity contribution in [3.05, 3.63) is 34.1 Å². The Hall–Kier alpha value is -2.09. The first-order chi connectivity index (χ1) is 14.9. The van der Waals surface area contributed by atoms with Gasteiger partial charge in [0.15, 0.2) is 5.82 Å². The maximum absolute atomic E-state index is 12.4. The standard InChI is InChI=1S/C16H18ClN3O3S2.C2HF3O2/c17-14-7-13(25(21,22)20-16-8-24-9-18-16)3-4-15(14)23-12-5-10-1-2-11(6-12)19-10;3-2(4,5)1(6)7/h3-4,7-12,19-20H,1-2,5-6H2;(H,6,7)/t10-,11+,12?;. The molecular formula is C18H19ClF3N3O5S2. The van der Waals surface area contributed by atoms with Crippen molar-refractivity contribution < 1.29 is 36.2 Å². The van der Waals surface area contributed by atoms with Crippen LogP contribution in [0.4, 0.5) is 19.0 Å². The van der Waals surface area contributed by atoms with Crippen LogP contribution < -0.4 is 14.8 Å². The molecule has 1 unspecified atom stereocenters. The summed E-state index contributed by atoms with van der Waals surface area (Å²) in [6, 6.07) is 5.59. The molecular weight excluding hydrogens is 495 g/mol. The zero-order chi connectivity index (χ0) is 23.5. The number of fused-ring (bicyclic) bond motifs is 2. The van der Waals surface area contributed by atoms with Gasteiger partial charge in [0, 0.05) is 17.5 Å². The number of carboxylic acids is 1. The fraction of sp³-hybridized carbons (Fsp3) is 0.444. The van der Waals surface area contributed by atoms with E-state index < -0.39 is 22.2 Å². The van der Waals surface area contributed by atoms with Crippen molar-refractivity contribution in [2.45, 2.75) is 54.9 Å². The predicted octanol–water partition coefficient (Wildman–Crippen LogP) is 3.89. The molecule has 3 N–H and O–H groups in total. The molecule has 0 spiro atoms. The SMILES string of the molecule is O=C(O)C(F)(F)F.O=S(=O)(Nc1cscn1)c1ccc(OC2C[C@H]3CC[C@@H](C2)N3)c(Cl)c1. The number of hydrogen-bond acceptors (Lipinski definition) is 7. The molecule has 32 heavy (non-hydrogen) atoms. The Morgan fingerprint density at radius 2 is 1.91 bits per heavy atom. The minimum absolute atomic E-state index is 0.0863. The number of ether oxygens (including phenoxy) is 1. The number of nitrogens with one attached hydrogen (secondary N) is 2. The molecule has 1 aromatic heterocycles. The van der Waals surface area contributed by atoms with E-state index in [4.69, 9.17) is 26.2 Å². The molecule has 0 radical (unpaired) electrons. The van der Waals surface area contributed by atoms with E-state index in [0.717, 1.165) is 12.8 Å². The lowest BCUT2D eigenvalue weighted by molar-refractivity contribution is -0.192. The van der Waals surface area contributed by atoms with E-state index in [-0.39, 0.29) is 11.0 Å². The fourth-order valence-corrected chi connectivity index (χ4v) is 5.36. The average molecular weight is 514 g/mol. The Bertz CT molecular complexity index is 1040. The Balaban J connectivity index is 0.000000360. The number of piperidine rings is 1. The molecule has 2 aromatic rings. The van der Waals surface area contributed by atoms with Crippen molar-refractivity contribution >= 4 is 44.7 Å². The van der Waals surface area contributed by atoms with Crippen LogP contribution >= 0.6 is 22.9 Å². The lowest BCUT2D eigenvalue weighted by Gasteiger charge is -2.29. The number of sulfonamides is 1. The van der Waals surface area contributed by atoms with E-state index in [2.05, 4.69) is 15.0 Å². The third kappa shape index (κ3) is 6.47. The van der Waals surface area contributed by atoms with Gasteiger partial charge in [0.25, 0.3) is 10.0 Å². The van der Waals surface area contributed by atoms with Gasteiger partial charge in [-0.2, -0.15) is 13.2 Å². The molecule has 0 aliphatic carbocycles. The second kappa shape index (κ2) is 9.81. The molecule has 0 amide bonds. The van der Waals surface area contributed by atoms with E-state index in [9.17, 15) is 21.6 Å². The van der Waals surface area contributed by atoms with Gasteiger partial charge in [0.1, 0.15) is 11.9 Å². The van der Waals surface area contributed by atoms with Gasteiger partial charge in [-0.3, -0.25) is 4.72 Å². The molecule has 8 nitrogen and oxygen atoms in total. The zero-order valence-electron chi connectivity index (χ0n) is 16.3. The molecule has 1 aromatic carbocycles. The minimum atomic E-state index is -5.08. The van der Waals surface area contributed by atoms with Crippen molar-refractivity contribution in [2.75, 3.05) is 4.72 Å². The number of nitrogens with zero attached hydrogens (tertiary/aromatic N) is 1. The van der Waals surface area contributed by atoms with Crippen LogP contribution in [0.3, 0.4) is 0 Å². The summed E-state index contributed by atoms with van der Waals surface area (Å²) in [5, 5.41) is 12.6. The van der Waals surface area contributed by atoms with Crippen LogP contribution in [0.25, 0.3) is 0 Å². The Morgan fingerprint density at radius 1 is 1.28 bits per heavy atom. The topological polar surface area (TPSA) is 118 Å². The highest BCUT2D eigenvalue weighted by molar-refractivity contribution is 7.92. The molecule has 3 heterocycles. The summed E-state index contributed by atoms with van der Waals surface area (Å²) in [5.74, 6) is -1.93. The monoisotopic (exact) mass is 513 g/mol. The van der Waals surface area contributed by atoms with Crippen LogP contribution in [0.15, 0.2) is 34.0 Å². The van der Waals surface area contributed by atoms with Crippen LogP contribution in [0.2, 0.25) is 5.02 Å². The van der Waals surface area contributed by atoms with Gasteiger partial charge >= 0.3 is 12.1 Å². The number of thiazole rings is 1. The first-order valence-corrected chi connectivity index (χ1v) is 12.2. The fourth-order valence-electron chi connectivity index (χ4n) is 3.48. The van der Waals surface area contributed by atoms with Crippen molar-refractivity contribution in [1.29, 1.82) is 0 Å². The molecule has 0 saturated carbocycles. The summed E-state index contributed by atoms with van der Waals surface area (Å²) < 4.78 is 65.0. The minimum Gasteiger partial charge on any atom is -0.489 e. The largest absolute Gasteiger partial charge is 0.490 e. The van der Waals surface area contributed by atoms with Crippen LogP contribution in [0, 0.1) is 0 Å². The summed E-state index contributed by atoms with van der Waals surface area (Å²) in [6.45, 7) is 0. The first-order valence-electron chi connectivity index (χ1n) is 9.37. The summed E-state index contributed by atoms with van der Waals surface area (Å²) in [5.41, 5.74) is 1.56. The van der Waals surface area contributed by atoms with Crippen molar-refractivity contribution in [3.8, 4) is 5.75 Å². The lowest BCUT2D eigenvalue weighted by Crippen LogP contribution is -2.42. The molecule has 2 fully saturated rings. The van der Waals surface area contributed by atoms with Crippen LogP contribution in [0.5, 0.6) is 5.75 Å². The Kier molecular flexibility index (Phi) is 7.53. The number of alkyl halides is 3. The van der Waals surface area contributed by atoms with Gasteiger partial charge in [-0.25, -0.2) is 18.2 Å². The van der Waals surface area contributed by atoms with Crippen molar-refractivity contribution in [2.24, 2.45) is 0 Å². The molecule has 4 rings (SSSR count). The van der Waals surface area contributed by atoms with Crippen LogP contribution in [-0.4, -0.2) is 48.8 Å². The van der Waals surface area contributed by atoms with Gasteiger partial charge in [0.2, 0.25) is 0 Å². The maximum atomic E-state index is 12.4. The number of carbonyl (C=O) groups is 1. The summed E-state index contributed by atoms with van der Waals surface area (Å²) in [6.07, 6.45) is -0.668. The highest BCUT2D eigenvalue weighted by Gasteiger charge is 2.38. The van der Waals surface area contributed by atoms with E-state index in [0.29, 0.717) is 28.7 Å². The average Bonchev–Trinajstić information content (AvgIpc) is 3.32. The predicted molar refractivity (Wildman–Crippen MR) is 112 cm³/mol. The number of hydrogen-bond donors (Lipinski definition) is 3. The van der Waals surface area contributed by atoms with Gasteiger partial charge in [-0.05, 0) is 43.9 Å². The number of anilines is 1. The molecule has 14 heteroatoms. The third-order valence-electron chi connectivity index (χ3n) is 4.85. The molecule has 176 valence electrons. The number of aromatic nitrogens is 1. The number of carboxylic acid groups (broad SMARTS) is 1. The number of halogens is 4. The Morgan fingerprint density at radius 3 is 2.41 bits per heavy atom. The number of benzene rings is 1. The zero-order valence-corrected chi connectivity index (χ0v) is 18.7. The van der Waals surface area contributed by atoms with Gasteiger partial charge in [-0.1, -0.05) is 11.6 Å². The molecule has 2 aliphatic rings. The Labute approximate surface area is 190 Å². The number of aliphatic carboxylic acids is 1. The third-order valence-corrected chi connectivity index (χ3v) is 7.09. The maximum Gasteiger partial charge on any atom is 0.490 e. The second-order valence-corrected chi connectivity index (χ2v) is 10.0. The van der Waals surface area contributed by atoms with E-state index in [1.807, 2.05) is 0 Å². The summed E-state index contributed by atoms with van der Waals surface area (Å²) >= 11 is 7.60. The lowest BCUT2D eigenvalue weighted by atomic mass is 10.0. The first kappa shape index (κ1) is 24.6. The van der Waals surface area contributed by atoms with Crippen molar-refractivity contribution in [1.82, 2.24) is 10.3 Å². The molecule has 2 bridgehead atoms. The summed E-state index contributed by atoms with van der Waals surface area (Å²) in [7, 11) is -3.72. The van der Waals surface area contributed by atoms with E-state index >= 15 is 0 Å². The number of rotatable bonds is 5. The normalized spacial score (nSPS) is 22.6. The van der Waals surface area contributed by atoms with E-state index in [1.165, 1.54) is 36.3 Å². The highest BCUT2D eigenvalue weighted by atomic mass is 35.5. The van der Waals surface area contributed by atoms with E-state index in [1.54, 1.807) is 17.0 Å². The van der Waals surface area contributed by atoms with Gasteiger partial charge < -0.3 is 15.2 Å². The molecule has 2 aliphatic heterocycles. The van der Waals surface area contributed by atoms with Crippen molar-refractivity contribution in [3.63, 3.8) is 0 Å². The van der Waals surface area contributed by atoms with Gasteiger partial charge in [-0.15, -0.1) is 11.3 Å². The van der Waals surface area contributed by atoms with Crippen LogP contribution in [-0.2, 0) is 14.8 Å². The molecule has 3 atom stereocenters. The smallest absolute Gasteiger partial charge is 0.489 e. The van der Waals surface area contributed by atoms with Crippen LogP contribution in [0.1, 0.15) is 25.7 Å².